The summed E-state index contributed by atoms with van der Waals surface area (Å²) in [5.74, 6) is 1.51. The molecule has 2 rings (SSSR count). The first kappa shape index (κ1) is 12.8. The fraction of sp³-hybridized carbons (Fsp3) is 0.923. The van der Waals surface area contributed by atoms with Crippen LogP contribution in [0.25, 0.3) is 0 Å². The number of aliphatic hydroxyl groups excluding tert-OH is 1. The van der Waals surface area contributed by atoms with E-state index in [1.54, 1.807) is 0 Å². The van der Waals surface area contributed by atoms with E-state index in [2.05, 4.69) is 12.2 Å². The molecule has 0 bridgehead atoms. The maximum Gasteiger partial charge on any atom is 0.225 e. The van der Waals surface area contributed by atoms with Gasteiger partial charge in [0, 0.05) is 25.6 Å². The summed E-state index contributed by atoms with van der Waals surface area (Å²) in [5.41, 5.74) is 0. The van der Waals surface area contributed by atoms with Gasteiger partial charge in [0.05, 0.1) is 0 Å². The van der Waals surface area contributed by atoms with Crippen LogP contribution in [-0.4, -0.2) is 48.7 Å². The minimum Gasteiger partial charge on any atom is -0.396 e. The van der Waals surface area contributed by atoms with Gasteiger partial charge in [-0.25, -0.2) is 0 Å². The zero-order valence-electron chi connectivity index (χ0n) is 10.7. The highest BCUT2D eigenvalue weighted by Gasteiger charge is 2.33. The van der Waals surface area contributed by atoms with Crippen molar-refractivity contribution in [2.24, 2.45) is 17.8 Å². The van der Waals surface area contributed by atoms with Crippen LogP contribution in [-0.2, 0) is 4.79 Å². The molecule has 2 fully saturated rings. The van der Waals surface area contributed by atoms with Crippen LogP contribution in [0, 0.1) is 17.8 Å². The SMILES string of the molecule is CC(C(=O)N1CCCC(CCO)C1)C1CNC1. The van der Waals surface area contributed by atoms with Crippen molar-refractivity contribution in [1.29, 1.82) is 0 Å². The van der Waals surface area contributed by atoms with Gasteiger partial charge in [-0.15, -0.1) is 0 Å². The second kappa shape index (κ2) is 5.83. The highest BCUT2D eigenvalue weighted by atomic mass is 16.3. The van der Waals surface area contributed by atoms with Crippen molar-refractivity contribution < 1.29 is 9.90 Å². The second-order valence-corrected chi connectivity index (χ2v) is 5.51. The monoisotopic (exact) mass is 240 g/mol. The van der Waals surface area contributed by atoms with E-state index in [9.17, 15) is 4.79 Å². The van der Waals surface area contributed by atoms with E-state index in [0.717, 1.165) is 45.4 Å². The van der Waals surface area contributed by atoms with Crippen molar-refractivity contribution in [3.05, 3.63) is 0 Å². The van der Waals surface area contributed by atoms with Gasteiger partial charge in [0.1, 0.15) is 0 Å². The zero-order chi connectivity index (χ0) is 12.3. The number of likely N-dealkylation sites (tertiary alicyclic amines) is 1. The molecule has 0 spiro atoms. The Morgan fingerprint density at radius 1 is 1.53 bits per heavy atom. The van der Waals surface area contributed by atoms with Crippen LogP contribution in [0.2, 0.25) is 0 Å². The molecule has 2 saturated heterocycles. The van der Waals surface area contributed by atoms with E-state index in [0.29, 0.717) is 17.7 Å². The number of nitrogens with zero attached hydrogens (tertiary/aromatic N) is 1. The molecule has 4 nitrogen and oxygen atoms in total. The van der Waals surface area contributed by atoms with Gasteiger partial charge >= 0.3 is 0 Å². The van der Waals surface area contributed by atoms with E-state index < -0.39 is 0 Å². The molecule has 0 aliphatic carbocycles. The molecule has 0 radical (unpaired) electrons. The Morgan fingerprint density at radius 2 is 2.29 bits per heavy atom. The Bertz CT molecular complexity index is 264. The average molecular weight is 240 g/mol. The van der Waals surface area contributed by atoms with E-state index in [4.69, 9.17) is 5.11 Å². The summed E-state index contributed by atoms with van der Waals surface area (Å²) in [7, 11) is 0. The number of hydrogen-bond acceptors (Lipinski definition) is 3. The lowest BCUT2D eigenvalue weighted by Gasteiger charge is -2.38. The van der Waals surface area contributed by atoms with E-state index in [1.165, 1.54) is 0 Å². The lowest BCUT2D eigenvalue weighted by Crippen LogP contribution is -2.52. The molecule has 2 aliphatic rings. The first-order chi connectivity index (χ1) is 8.22. The normalized spacial score (nSPS) is 27.6. The van der Waals surface area contributed by atoms with Crippen molar-refractivity contribution >= 4 is 5.91 Å². The highest BCUT2D eigenvalue weighted by molar-refractivity contribution is 5.79. The van der Waals surface area contributed by atoms with Crippen molar-refractivity contribution in [2.45, 2.75) is 26.2 Å². The second-order valence-electron chi connectivity index (χ2n) is 5.51. The van der Waals surface area contributed by atoms with Crippen LogP contribution in [0.1, 0.15) is 26.2 Å². The Balaban J connectivity index is 1.85. The lowest BCUT2D eigenvalue weighted by molar-refractivity contribution is -0.139. The van der Waals surface area contributed by atoms with Gasteiger partial charge in [-0.2, -0.15) is 0 Å². The minimum absolute atomic E-state index is 0.157. The fourth-order valence-corrected chi connectivity index (χ4v) is 2.84. The van der Waals surface area contributed by atoms with Crippen molar-refractivity contribution in [3.63, 3.8) is 0 Å². The molecule has 2 aliphatic heterocycles. The molecule has 2 atom stereocenters. The largest absolute Gasteiger partial charge is 0.396 e. The van der Waals surface area contributed by atoms with E-state index >= 15 is 0 Å². The maximum absolute atomic E-state index is 12.3. The van der Waals surface area contributed by atoms with Gasteiger partial charge in [-0.1, -0.05) is 6.92 Å². The third-order valence-electron chi connectivity index (χ3n) is 4.28. The number of rotatable bonds is 4. The summed E-state index contributed by atoms with van der Waals surface area (Å²) < 4.78 is 0. The number of amides is 1. The number of carbonyl (C=O) groups is 1. The van der Waals surface area contributed by atoms with Gasteiger partial charge in [-0.3, -0.25) is 4.79 Å². The third kappa shape index (κ3) is 2.99. The van der Waals surface area contributed by atoms with E-state index in [-0.39, 0.29) is 12.5 Å². The molecule has 2 unspecified atom stereocenters. The molecule has 0 aromatic carbocycles. The number of nitrogens with one attached hydrogen (secondary N) is 1. The van der Waals surface area contributed by atoms with Gasteiger partial charge in [0.25, 0.3) is 0 Å². The molecule has 2 heterocycles. The number of aliphatic hydroxyl groups is 1. The van der Waals surface area contributed by atoms with Crippen molar-refractivity contribution in [1.82, 2.24) is 10.2 Å². The van der Waals surface area contributed by atoms with E-state index in [1.807, 2.05) is 4.90 Å². The Labute approximate surface area is 103 Å². The Kier molecular flexibility index (Phi) is 4.40. The molecule has 98 valence electrons. The maximum atomic E-state index is 12.3. The van der Waals surface area contributed by atoms with Crippen LogP contribution in [0.15, 0.2) is 0 Å². The molecule has 2 N–H and O–H groups in total. The Morgan fingerprint density at radius 3 is 2.88 bits per heavy atom. The average Bonchev–Trinajstić information content (AvgIpc) is 2.26. The smallest absolute Gasteiger partial charge is 0.225 e. The van der Waals surface area contributed by atoms with Gasteiger partial charge in [-0.05, 0) is 44.2 Å². The van der Waals surface area contributed by atoms with Crippen molar-refractivity contribution in [2.75, 3.05) is 32.8 Å². The highest BCUT2D eigenvalue weighted by Crippen LogP contribution is 2.24. The van der Waals surface area contributed by atoms with Crippen LogP contribution < -0.4 is 5.32 Å². The summed E-state index contributed by atoms with van der Waals surface area (Å²) in [6.45, 7) is 6.04. The summed E-state index contributed by atoms with van der Waals surface area (Å²) in [5, 5.41) is 12.2. The summed E-state index contributed by atoms with van der Waals surface area (Å²) in [6, 6.07) is 0. The fourth-order valence-electron chi connectivity index (χ4n) is 2.84. The first-order valence-electron chi connectivity index (χ1n) is 6.82. The summed E-state index contributed by atoms with van der Waals surface area (Å²) >= 11 is 0. The van der Waals surface area contributed by atoms with Gasteiger partial charge in [0.2, 0.25) is 5.91 Å². The van der Waals surface area contributed by atoms with Gasteiger partial charge < -0.3 is 15.3 Å². The Hall–Kier alpha value is -0.610. The summed E-state index contributed by atoms with van der Waals surface area (Å²) in [4.78, 5) is 14.3. The number of piperidine rings is 1. The predicted molar refractivity (Wildman–Crippen MR) is 66.5 cm³/mol. The van der Waals surface area contributed by atoms with Crippen LogP contribution >= 0.6 is 0 Å². The first-order valence-corrected chi connectivity index (χ1v) is 6.82. The zero-order valence-corrected chi connectivity index (χ0v) is 10.7. The third-order valence-corrected chi connectivity index (χ3v) is 4.28. The molecule has 17 heavy (non-hydrogen) atoms. The minimum atomic E-state index is 0.157. The summed E-state index contributed by atoms with van der Waals surface area (Å²) in [6.07, 6.45) is 3.08. The molecule has 0 aromatic rings. The number of carbonyl (C=O) groups excluding carboxylic acids is 1. The topological polar surface area (TPSA) is 52.6 Å². The quantitative estimate of drug-likeness (QED) is 0.751. The van der Waals surface area contributed by atoms with Gasteiger partial charge in [0.15, 0.2) is 0 Å². The molecule has 1 amide bonds. The number of hydrogen-bond donors (Lipinski definition) is 2. The predicted octanol–water partition coefficient (Wildman–Crippen LogP) is 0.463. The molecule has 0 aromatic heterocycles. The lowest BCUT2D eigenvalue weighted by atomic mass is 9.86. The molecule has 4 heteroatoms. The van der Waals surface area contributed by atoms with Crippen LogP contribution in [0.3, 0.4) is 0 Å². The standard InChI is InChI=1S/C13H24N2O2/c1-10(12-7-14-8-12)13(17)15-5-2-3-11(9-15)4-6-16/h10-12,14,16H,2-9H2,1H3. The van der Waals surface area contributed by atoms with Crippen molar-refractivity contribution in [3.8, 4) is 0 Å². The van der Waals surface area contributed by atoms with Crippen LogP contribution in [0.5, 0.6) is 0 Å². The molecule has 0 saturated carbocycles. The molecular formula is C13H24N2O2. The molecular weight excluding hydrogens is 216 g/mol. The van der Waals surface area contributed by atoms with Crippen LogP contribution in [0.4, 0.5) is 0 Å².